The van der Waals surface area contributed by atoms with Gasteiger partial charge in [-0.1, -0.05) is 40.2 Å². The van der Waals surface area contributed by atoms with E-state index in [1.165, 1.54) is 0 Å². The second-order valence-corrected chi connectivity index (χ2v) is 5.75. The Balaban J connectivity index is 2.13. The largest absolute Gasteiger partial charge is 0.388 e. The Morgan fingerprint density at radius 2 is 1.79 bits per heavy atom. The van der Waals surface area contributed by atoms with Crippen LogP contribution in [0.15, 0.2) is 53.0 Å². The van der Waals surface area contributed by atoms with Gasteiger partial charge in [0.15, 0.2) is 0 Å². The molecule has 2 nitrogen and oxygen atoms in total. The summed E-state index contributed by atoms with van der Waals surface area (Å²) in [6.07, 6.45) is 0.158. The normalized spacial score (nSPS) is 12.2. The molecule has 19 heavy (non-hydrogen) atoms. The lowest BCUT2D eigenvalue weighted by molar-refractivity contribution is 0.178. The lowest BCUT2D eigenvalue weighted by Crippen LogP contribution is -2.10. The third-order valence-electron chi connectivity index (χ3n) is 3.11. The highest BCUT2D eigenvalue weighted by atomic mass is 79.9. The van der Waals surface area contributed by atoms with E-state index in [4.69, 9.17) is 0 Å². The van der Waals surface area contributed by atoms with E-state index in [1.54, 1.807) is 0 Å². The lowest BCUT2D eigenvalue weighted by atomic mass is 10.0. The number of rotatable bonds is 4. The van der Waals surface area contributed by atoms with Crippen LogP contribution in [0.5, 0.6) is 0 Å². The number of nitrogens with zero attached hydrogens (tertiary/aromatic N) is 1. The number of hydrogen-bond acceptors (Lipinski definition) is 2. The van der Waals surface area contributed by atoms with Crippen molar-refractivity contribution in [1.82, 2.24) is 0 Å². The van der Waals surface area contributed by atoms with Gasteiger partial charge in [0.05, 0.1) is 6.10 Å². The summed E-state index contributed by atoms with van der Waals surface area (Å²) in [6.45, 7) is 0. The Morgan fingerprint density at radius 3 is 2.42 bits per heavy atom. The molecule has 2 aromatic carbocycles. The van der Waals surface area contributed by atoms with Crippen molar-refractivity contribution in [1.29, 1.82) is 0 Å². The van der Waals surface area contributed by atoms with E-state index >= 15 is 0 Å². The summed E-state index contributed by atoms with van der Waals surface area (Å²) in [5.74, 6) is 0. The summed E-state index contributed by atoms with van der Waals surface area (Å²) in [7, 11) is 4.00. The molecule has 1 atom stereocenters. The van der Waals surface area contributed by atoms with Gasteiger partial charge in [0, 0.05) is 30.7 Å². The monoisotopic (exact) mass is 319 g/mol. The van der Waals surface area contributed by atoms with Crippen LogP contribution in [0.2, 0.25) is 0 Å². The number of aliphatic hydroxyl groups is 1. The van der Waals surface area contributed by atoms with Crippen LogP contribution in [-0.4, -0.2) is 19.2 Å². The molecule has 0 aliphatic heterocycles. The summed E-state index contributed by atoms with van der Waals surface area (Å²) in [5, 5.41) is 10.3. The fourth-order valence-corrected chi connectivity index (χ4v) is 2.24. The Morgan fingerprint density at radius 1 is 1.11 bits per heavy atom. The molecule has 100 valence electrons. The first-order chi connectivity index (χ1) is 9.06. The van der Waals surface area contributed by atoms with Crippen LogP contribution >= 0.6 is 15.9 Å². The van der Waals surface area contributed by atoms with Gasteiger partial charge in [-0.25, -0.2) is 0 Å². The third-order valence-corrected chi connectivity index (χ3v) is 3.64. The van der Waals surface area contributed by atoms with Crippen LogP contribution in [0.3, 0.4) is 0 Å². The highest BCUT2D eigenvalue weighted by Crippen LogP contribution is 2.23. The molecule has 0 amide bonds. The third kappa shape index (κ3) is 3.82. The Hall–Kier alpha value is -1.32. The smallest absolute Gasteiger partial charge is 0.0831 e. The summed E-state index contributed by atoms with van der Waals surface area (Å²) in [5.41, 5.74) is 3.19. The second kappa shape index (κ2) is 6.22. The number of anilines is 1. The average Bonchev–Trinajstić information content (AvgIpc) is 2.41. The number of hydrogen-bond donors (Lipinski definition) is 1. The molecular weight excluding hydrogens is 302 g/mol. The molecule has 0 fully saturated rings. The Kier molecular flexibility index (Phi) is 4.61. The topological polar surface area (TPSA) is 23.5 Å². The molecule has 0 aliphatic rings. The maximum atomic E-state index is 10.3. The maximum absolute atomic E-state index is 10.3. The Labute approximate surface area is 122 Å². The van der Waals surface area contributed by atoms with Gasteiger partial charge in [-0.05, 0) is 35.4 Å². The number of aliphatic hydroxyl groups excluding tert-OH is 1. The van der Waals surface area contributed by atoms with Crippen molar-refractivity contribution in [2.45, 2.75) is 12.5 Å². The molecule has 0 saturated carbocycles. The first-order valence-electron chi connectivity index (χ1n) is 6.26. The van der Waals surface area contributed by atoms with Crippen molar-refractivity contribution in [3.8, 4) is 0 Å². The van der Waals surface area contributed by atoms with Crippen LogP contribution in [0.25, 0.3) is 0 Å². The minimum absolute atomic E-state index is 0.471. The van der Waals surface area contributed by atoms with Crippen LogP contribution in [-0.2, 0) is 6.42 Å². The first kappa shape index (κ1) is 14.1. The second-order valence-electron chi connectivity index (χ2n) is 4.84. The molecule has 0 heterocycles. The molecule has 2 aromatic rings. The fourth-order valence-electron chi connectivity index (χ4n) is 1.97. The predicted octanol–water partition coefficient (Wildman–Crippen LogP) is 3.79. The van der Waals surface area contributed by atoms with Crippen molar-refractivity contribution in [3.05, 3.63) is 64.1 Å². The maximum Gasteiger partial charge on any atom is 0.0831 e. The minimum atomic E-state index is -0.471. The number of benzene rings is 2. The lowest BCUT2D eigenvalue weighted by Gasteiger charge is -2.16. The van der Waals surface area contributed by atoms with E-state index in [0.717, 1.165) is 21.3 Å². The highest BCUT2D eigenvalue weighted by Gasteiger charge is 2.09. The SMILES string of the molecule is CN(C)c1cccc(C(O)Cc2ccc(Br)cc2)c1. The first-order valence-corrected chi connectivity index (χ1v) is 7.05. The highest BCUT2D eigenvalue weighted by molar-refractivity contribution is 9.10. The molecule has 0 aliphatic carbocycles. The quantitative estimate of drug-likeness (QED) is 0.926. The predicted molar refractivity (Wildman–Crippen MR) is 83.6 cm³/mol. The average molecular weight is 320 g/mol. The van der Waals surface area contributed by atoms with E-state index in [-0.39, 0.29) is 0 Å². The summed E-state index contributed by atoms with van der Waals surface area (Å²) >= 11 is 3.41. The van der Waals surface area contributed by atoms with Crippen LogP contribution in [0.4, 0.5) is 5.69 Å². The molecular formula is C16H18BrNO. The van der Waals surface area contributed by atoms with Crippen LogP contribution < -0.4 is 4.90 Å². The van der Waals surface area contributed by atoms with Crippen molar-refractivity contribution < 1.29 is 5.11 Å². The van der Waals surface area contributed by atoms with Gasteiger partial charge >= 0.3 is 0 Å². The molecule has 1 N–H and O–H groups in total. The minimum Gasteiger partial charge on any atom is -0.388 e. The van der Waals surface area contributed by atoms with Crippen molar-refractivity contribution in [2.24, 2.45) is 0 Å². The van der Waals surface area contributed by atoms with Gasteiger partial charge in [0.2, 0.25) is 0 Å². The molecule has 0 bridgehead atoms. The molecule has 1 unspecified atom stereocenters. The van der Waals surface area contributed by atoms with E-state index in [1.807, 2.05) is 67.5 Å². The van der Waals surface area contributed by atoms with Gasteiger partial charge in [0.1, 0.15) is 0 Å². The zero-order valence-electron chi connectivity index (χ0n) is 11.2. The van der Waals surface area contributed by atoms with Gasteiger partial charge in [-0.3, -0.25) is 0 Å². The standard InChI is InChI=1S/C16H18BrNO/c1-18(2)15-5-3-4-13(11-15)16(19)10-12-6-8-14(17)9-7-12/h3-9,11,16,19H,10H2,1-2H3. The Bertz CT molecular complexity index is 537. The number of halogens is 1. The summed E-state index contributed by atoms with van der Waals surface area (Å²) < 4.78 is 1.06. The molecule has 2 rings (SSSR count). The van der Waals surface area contributed by atoms with Gasteiger partial charge in [0.25, 0.3) is 0 Å². The fraction of sp³-hybridized carbons (Fsp3) is 0.250. The summed E-state index contributed by atoms with van der Waals surface area (Å²) in [6, 6.07) is 16.1. The molecule has 0 aromatic heterocycles. The van der Waals surface area contributed by atoms with Crippen molar-refractivity contribution >= 4 is 21.6 Å². The molecule has 0 spiro atoms. The molecule has 0 saturated heterocycles. The van der Waals surface area contributed by atoms with Gasteiger partial charge in [-0.2, -0.15) is 0 Å². The zero-order chi connectivity index (χ0) is 13.8. The van der Waals surface area contributed by atoms with E-state index in [0.29, 0.717) is 6.42 Å². The zero-order valence-corrected chi connectivity index (χ0v) is 12.8. The van der Waals surface area contributed by atoms with E-state index < -0.39 is 6.10 Å². The van der Waals surface area contributed by atoms with E-state index in [9.17, 15) is 5.11 Å². The summed E-state index contributed by atoms with van der Waals surface area (Å²) in [4.78, 5) is 2.04. The van der Waals surface area contributed by atoms with Crippen LogP contribution in [0, 0.1) is 0 Å². The van der Waals surface area contributed by atoms with E-state index in [2.05, 4.69) is 15.9 Å². The van der Waals surface area contributed by atoms with Gasteiger partial charge in [-0.15, -0.1) is 0 Å². The van der Waals surface area contributed by atoms with Gasteiger partial charge < -0.3 is 10.0 Å². The van der Waals surface area contributed by atoms with Crippen molar-refractivity contribution in [2.75, 3.05) is 19.0 Å². The van der Waals surface area contributed by atoms with Crippen molar-refractivity contribution in [3.63, 3.8) is 0 Å². The van der Waals surface area contributed by atoms with Crippen LogP contribution in [0.1, 0.15) is 17.2 Å². The molecule has 3 heteroatoms. The molecule has 0 radical (unpaired) electrons.